The summed E-state index contributed by atoms with van der Waals surface area (Å²) < 4.78 is 6.01. The summed E-state index contributed by atoms with van der Waals surface area (Å²) in [6.45, 7) is 4.61. The molecule has 0 bridgehead atoms. The summed E-state index contributed by atoms with van der Waals surface area (Å²) in [6, 6.07) is 0. The molecular formula is C13H19N5O. The Hall–Kier alpha value is -1.85. The lowest BCUT2D eigenvalue weighted by Gasteiger charge is -2.34. The molecule has 0 aromatic carbocycles. The molecule has 3 N–H and O–H groups in total. The van der Waals surface area contributed by atoms with Gasteiger partial charge >= 0.3 is 0 Å². The molecule has 0 unspecified atom stereocenters. The molecule has 6 heteroatoms. The minimum Gasteiger partial charge on any atom is -0.474 e. The molecular weight excluding hydrogens is 242 g/mol. The Kier molecular flexibility index (Phi) is 2.80. The number of hydrogen-bond acceptors (Lipinski definition) is 5. The van der Waals surface area contributed by atoms with Gasteiger partial charge in [0.2, 0.25) is 11.8 Å². The highest BCUT2D eigenvalue weighted by Crippen LogP contribution is 2.37. The maximum atomic E-state index is 6.01. The van der Waals surface area contributed by atoms with Crippen LogP contribution in [0.5, 0.6) is 5.88 Å². The number of nitrogens with zero attached hydrogens (tertiary/aromatic N) is 3. The summed E-state index contributed by atoms with van der Waals surface area (Å²) in [4.78, 5) is 8.27. The van der Waals surface area contributed by atoms with Crippen molar-refractivity contribution in [3.63, 3.8) is 0 Å². The molecule has 0 aliphatic heterocycles. The molecule has 1 saturated carbocycles. The van der Waals surface area contributed by atoms with Crippen LogP contribution in [0.15, 0.2) is 6.20 Å². The summed E-state index contributed by atoms with van der Waals surface area (Å²) in [5.41, 5.74) is 6.73. The molecule has 1 aliphatic rings. The molecule has 2 aromatic rings. The Morgan fingerprint density at radius 3 is 2.79 bits per heavy atom. The molecule has 102 valence electrons. The zero-order valence-corrected chi connectivity index (χ0v) is 11.3. The minimum atomic E-state index is 0.209. The fraction of sp³-hybridized carbons (Fsp3) is 0.615. The molecule has 19 heavy (non-hydrogen) atoms. The van der Waals surface area contributed by atoms with Crippen LogP contribution in [0.3, 0.4) is 0 Å². The van der Waals surface area contributed by atoms with Gasteiger partial charge in [-0.3, -0.25) is 5.10 Å². The molecule has 1 aliphatic carbocycles. The van der Waals surface area contributed by atoms with Crippen molar-refractivity contribution in [1.29, 1.82) is 0 Å². The molecule has 0 spiro atoms. The lowest BCUT2D eigenvalue weighted by molar-refractivity contribution is 0.0964. The highest BCUT2D eigenvalue weighted by molar-refractivity contribution is 5.80. The zero-order chi connectivity index (χ0) is 13.5. The number of fused-ring (bicyclic) bond motifs is 1. The van der Waals surface area contributed by atoms with Gasteiger partial charge in [-0.2, -0.15) is 15.1 Å². The van der Waals surface area contributed by atoms with Crippen LogP contribution in [0, 0.1) is 5.41 Å². The van der Waals surface area contributed by atoms with E-state index in [0.717, 1.165) is 18.2 Å². The second kappa shape index (κ2) is 4.36. The van der Waals surface area contributed by atoms with Crippen LogP contribution in [0.4, 0.5) is 5.95 Å². The Balaban J connectivity index is 1.80. The Labute approximate surface area is 111 Å². The molecule has 2 heterocycles. The smallest absolute Gasteiger partial charge is 0.229 e. The number of hydrogen-bond donors (Lipinski definition) is 2. The average Bonchev–Trinajstić information content (AvgIpc) is 2.80. The van der Waals surface area contributed by atoms with Crippen molar-refractivity contribution in [1.82, 2.24) is 20.2 Å². The normalized spacial score (nSPS) is 19.7. The van der Waals surface area contributed by atoms with Crippen LogP contribution in [-0.2, 0) is 0 Å². The van der Waals surface area contributed by atoms with Gasteiger partial charge in [0.15, 0.2) is 5.65 Å². The van der Waals surface area contributed by atoms with Crippen LogP contribution < -0.4 is 10.5 Å². The van der Waals surface area contributed by atoms with Crippen molar-refractivity contribution < 1.29 is 4.74 Å². The third-order valence-corrected chi connectivity index (χ3v) is 3.86. The van der Waals surface area contributed by atoms with Crippen LogP contribution in [0.2, 0.25) is 0 Å². The van der Waals surface area contributed by atoms with E-state index in [4.69, 9.17) is 10.5 Å². The molecule has 0 atom stereocenters. The Morgan fingerprint density at radius 2 is 2.05 bits per heavy atom. The first-order valence-electron chi connectivity index (χ1n) is 6.67. The van der Waals surface area contributed by atoms with Gasteiger partial charge in [0.1, 0.15) is 11.5 Å². The van der Waals surface area contributed by atoms with Crippen LogP contribution >= 0.6 is 0 Å². The fourth-order valence-corrected chi connectivity index (χ4v) is 2.56. The maximum Gasteiger partial charge on any atom is 0.229 e. The van der Waals surface area contributed by atoms with E-state index in [9.17, 15) is 0 Å². The van der Waals surface area contributed by atoms with Gasteiger partial charge in [0.25, 0.3) is 0 Å². The number of nitrogens with one attached hydrogen (secondary N) is 1. The van der Waals surface area contributed by atoms with E-state index in [2.05, 4.69) is 34.0 Å². The van der Waals surface area contributed by atoms with Crippen molar-refractivity contribution in [2.24, 2.45) is 5.41 Å². The van der Waals surface area contributed by atoms with Gasteiger partial charge < -0.3 is 10.5 Å². The summed E-state index contributed by atoms with van der Waals surface area (Å²) in [7, 11) is 0. The van der Waals surface area contributed by atoms with Crippen LogP contribution in [0.25, 0.3) is 11.0 Å². The second-order valence-electron chi connectivity index (χ2n) is 6.00. The van der Waals surface area contributed by atoms with Gasteiger partial charge in [-0.1, -0.05) is 13.8 Å². The molecule has 3 rings (SSSR count). The zero-order valence-electron chi connectivity index (χ0n) is 11.3. The minimum absolute atomic E-state index is 0.209. The molecule has 0 amide bonds. The standard InChI is InChI=1S/C13H19N5O/c1-13(2)5-3-8(4-6-13)19-11-9-7-15-18-10(9)16-12(14)17-11/h7-8H,3-6H2,1-2H3,(H3,14,15,16,17,18). The van der Waals surface area contributed by atoms with Crippen molar-refractivity contribution in [2.75, 3.05) is 5.73 Å². The number of nitrogens with two attached hydrogens (primary N) is 1. The van der Waals surface area contributed by atoms with Gasteiger partial charge in [0.05, 0.1) is 6.20 Å². The molecule has 0 radical (unpaired) electrons. The third-order valence-electron chi connectivity index (χ3n) is 3.86. The monoisotopic (exact) mass is 261 g/mol. The van der Waals surface area contributed by atoms with Crippen molar-refractivity contribution in [3.05, 3.63) is 6.20 Å². The summed E-state index contributed by atoms with van der Waals surface area (Å²) in [5, 5.41) is 7.54. The number of aromatic nitrogens is 4. The van der Waals surface area contributed by atoms with Gasteiger partial charge in [-0.05, 0) is 31.1 Å². The first-order valence-corrected chi connectivity index (χ1v) is 6.67. The summed E-state index contributed by atoms with van der Waals surface area (Å²) in [6.07, 6.45) is 6.34. The van der Waals surface area contributed by atoms with Crippen molar-refractivity contribution >= 4 is 17.0 Å². The maximum absolute atomic E-state index is 6.01. The topological polar surface area (TPSA) is 89.7 Å². The van der Waals surface area contributed by atoms with E-state index in [1.807, 2.05) is 0 Å². The van der Waals surface area contributed by atoms with E-state index in [1.165, 1.54) is 12.8 Å². The number of anilines is 1. The second-order valence-corrected chi connectivity index (χ2v) is 6.00. The van der Waals surface area contributed by atoms with E-state index in [0.29, 0.717) is 16.9 Å². The van der Waals surface area contributed by atoms with E-state index >= 15 is 0 Å². The molecule has 2 aromatic heterocycles. The number of rotatable bonds is 2. The largest absolute Gasteiger partial charge is 0.474 e. The van der Waals surface area contributed by atoms with Gasteiger partial charge in [0, 0.05) is 0 Å². The molecule has 1 fully saturated rings. The van der Waals surface area contributed by atoms with Crippen LogP contribution in [-0.4, -0.2) is 26.3 Å². The Bertz CT molecular complexity index is 582. The van der Waals surface area contributed by atoms with Crippen molar-refractivity contribution in [2.45, 2.75) is 45.6 Å². The van der Waals surface area contributed by atoms with E-state index in [-0.39, 0.29) is 12.1 Å². The highest BCUT2D eigenvalue weighted by Gasteiger charge is 2.28. The molecule has 6 nitrogen and oxygen atoms in total. The highest BCUT2D eigenvalue weighted by atomic mass is 16.5. The molecule has 0 saturated heterocycles. The number of H-pyrrole nitrogens is 1. The predicted molar refractivity (Wildman–Crippen MR) is 72.8 cm³/mol. The van der Waals surface area contributed by atoms with E-state index < -0.39 is 0 Å². The Morgan fingerprint density at radius 1 is 1.32 bits per heavy atom. The van der Waals surface area contributed by atoms with E-state index in [1.54, 1.807) is 6.20 Å². The average molecular weight is 261 g/mol. The van der Waals surface area contributed by atoms with Gasteiger partial charge in [-0.15, -0.1) is 0 Å². The van der Waals surface area contributed by atoms with Crippen LogP contribution in [0.1, 0.15) is 39.5 Å². The SMILES string of the molecule is CC1(C)CCC(Oc2nc(N)nc3[nH]ncc23)CC1. The predicted octanol–water partition coefficient (Wildman–Crippen LogP) is 2.28. The fourth-order valence-electron chi connectivity index (χ4n) is 2.56. The number of nitrogen functional groups attached to an aromatic ring is 1. The quantitative estimate of drug-likeness (QED) is 0.865. The summed E-state index contributed by atoms with van der Waals surface area (Å²) >= 11 is 0. The first kappa shape index (κ1) is 12.2. The lowest BCUT2D eigenvalue weighted by Crippen LogP contribution is -2.28. The first-order chi connectivity index (χ1) is 9.03. The third kappa shape index (κ3) is 2.47. The summed E-state index contributed by atoms with van der Waals surface area (Å²) in [5.74, 6) is 0.754. The van der Waals surface area contributed by atoms with Crippen molar-refractivity contribution in [3.8, 4) is 5.88 Å². The van der Waals surface area contributed by atoms with Gasteiger partial charge in [-0.25, -0.2) is 0 Å². The lowest BCUT2D eigenvalue weighted by atomic mass is 9.76. The number of aromatic amines is 1. The number of ether oxygens (including phenoxy) is 1.